The van der Waals surface area contributed by atoms with Crippen molar-refractivity contribution in [1.29, 1.82) is 0 Å². The summed E-state index contributed by atoms with van der Waals surface area (Å²) in [6.07, 6.45) is 7.48. The van der Waals surface area contributed by atoms with Crippen LogP contribution in [-0.4, -0.2) is 24.0 Å². The second-order valence-electron chi connectivity index (χ2n) is 6.12. The third-order valence-corrected chi connectivity index (χ3v) is 4.47. The lowest BCUT2D eigenvalue weighted by Crippen LogP contribution is -2.29. The zero-order valence-electron chi connectivity index (χ0n) is 13.0. The van der Waals surface area contributed by atoms with Crippen molar-refractivity contribution in [2.24, 2.45) is 11.5 Å². The summed E-state index contributed by atoms with van der Waals surface area (Å²) in [4.78, 5) is 2.37. The predicted molar refractivity (Wildman–Crippen MR) is 94.3 cm³/mol. The van der Waals surface area contributed by atoms with Gasteiger partial charge in [0, 0.05) is 19.1 Å². The van der Waals surface area contributed by atoms with Crippen molar-refractivity contribution >= 4 is 16.8 Å². The first-order valence-corrected chi connectivity index (χ1v) is 8.16. The summed E-state index contributed by atoms with van der Waals surface area (Å²) in [6, 6.07) is 13.3. The zero-order chi connectivity index (χ0) is 15.4. The van der Waals surface area contributed by atoms with E-state index in [-0.39, 0.29) is 6.04 Å². The monoisotopic (exact) mass is 295 g/mol. The van der Waals surface area contributed by atoms with Gasteiger partial charge in [-0.1, -0.05) is 36.4 Å². The highest BCUT2D eigenvalue weighted by molar-refractivity contribution is 5.89. The average molecular weight is 295 g/mol. The van der Waals surface area contributed by atoms with Crippen LogP contribution < -0.4 is 11.5 Å². The number of fused-ring (bicyclic) bond motifs is 3. The third-order valence-electron chi connectivity index (χ3n) is 4.47. The molecule has 22 heavy (non-hydrogen) atoms. The molecule has 1 heterocycles. The van der Waals surface area contributed by atoms with E-state index in [0.29, 0.717) is 0 Å². The SMILES string of the molecule is NCCCC(N)CCN1C=Cc2ccc3ccccc3c2C1. The van der Waals surface area contributed by atoms with Gasteiger partial charge >= 0.3 is 0 Å². The van der Waals surface area contributed by atoms with Gasteiger partial charge in [0.25, 0.3) is 0 Å². The van der Waals surface area contributed by atoms with E-state index >= 15 is 0 Å². The van der Waals surface area contributed by atoms with Gasteiger partial charge in [0.2, 0.25) is 0 Å². The molecule has 2 aromatic rings. The zero-order valence-corrected chi connectivity index (χ0v) is 13.0. The highest BCUT2D eigenvalue weighted by atomic mass is 15.1. The molecule has 116 valence electrons. The molecule has 0 aliphatic carbocycles. The Morgan fingerprint density at radius 1 is 1.09 bits per heavy atom. The van der Waals surface area contributed by atoms with Gasteiger partial charge in [-0.25, -0.2) is 0 Å². The van der Waals surface area contributed by atoms with Crippen LogP contribution in [0.25, 0.3) is 16.8 Å². The van der Waals surface area contributed by atoms with Crippen LogP contribution in [0.4, 0.5) is 0 Å². The number of benzene rings is 2. The fourth-order valence-corrected chi connectivity index (χ4v) is 3.14. The molecule has 0 saturated carbocycles. The summed E-state index contributed by atoms with van der Waals surface area (Å²) in [5, 5.41) is 2.68. The summed E-state index contributed by atoms with van der Waals surface area (Å²) in [6.45, 7) is 2.71. The third kappa shape index (κ3) is 3.32. The van der Waals surface area contributed by atoms with Crippen LogP contribution in [0.5, 0.6) is 0 Å². The van der Waals surface area contributed by atoms with Gasteiger partial charge in [0.05, 0.1) is 0 Å². The van der Waals surface area contributed by atoms with E-state index in [4.69, 9.17) is 11.5 Å². The Labute approximate surface area is 132 Å². The molecule has 0 aromatic heterocycles. The summed E-state index contributed by atoms with van der Waals surface area (Å²) >= 11 is 0. The van der Waals surface area contributed by atoms with Crippen molar-refractivity contribution in [3.63, 3.8) is 0 Å². The molecule has 3 rings (SSSR count). The molecular weight excluding hydrogens is 270 g/mol. The molecule has 1 aliphatic heterocycles. The smallest absolute Gasteiger partial charge is 0.0436 e. The summed E-state index contributed by atoms with van der Waals surface area (Å²) in [5.41, 5.74) is 14.5. The van der Waals surface area contributed by atoms with Crippen LogP contribution in [-0.2, 0) is 6.54 Å². The molecule has 0 spiro atoms. The van der Waals surface area contributed by atoms with Crippen LogP contribution in [0.15, 0.2) is 42.6 Å². The van der Waals surface area contributed by atoms with Crippen LogP contribution in [0.2, 0.25) is 0 Å². The lowest BCUT2D eigenvalue weighted by atomic mass is 9.96. The Bertz CT molecular complexity index is 663. The highest BCUT2D eigenvalue weighted by Gasteiger charge is 2.14. The number of nitrogens with zero attached hydrogens (tertiary/aromatic N) is 1. The van der Waals surface area contributed by atoms with E-state index in [1.807, 2.05) is 0 Å². The van der Waals surface area contributed by atoms with E-state index in [2.05, 4.69) is 53.6 Å². The topological polar surface area (TPSA) is 55.3 Å². The van der Waals surface area contributed by atoms with Crippen molar-refractivity contribution in [3.05, 3.63) is 53.7 Å². The van der Waals surface area contributed by atoms with Gasteiger partial charge in [0.15, 0.2) is 0 Å². The molecule has 0 saturated heterocycles. The quantitative estimate of drug-likeness (QED) is 0.861. The molecule has 1 atom stereocenters. The standard InChI is InChI=1S/C19H25N3/c20-11-3-5-17(21)10-13-22-12-9-16-8-7-15-4-1-2-6-18(15)19(16)14-22/h1-2,4,6-9,12,17H,3,5,10-11,13-14,20-21H2. The van der Waals surface area contributed by atoms with Crippen LogP contribution in [0, 0.1) is 0 Å². The number of nitrogens with two attached hydrogens (primary N) is 2. The largest absolute Gasteiger partial charge is 0.373 e. The molecule has 4 N–H and O–H groups in total. The molecule has 0 amide bonds. The van der Waals surface area contributed by atoms with Crippen LogP contribution in [0.1, 0.15) is 30.4 Å². The molecule has 3 heteroatoms. The average Bonchev–Trinajstić information content (AvgIpc) is 2.57. The highest BCUT2D eigenvalue weighted by Crippen LogP contribution is 2.28. The number of hydrogen-bond donors (Lipinski definition) is 2. The maximum Gasteiger partial charge on any atom is 0.0436 e. The Hall–Kier alpha value is -1.84. The molecule has 0 bridgehead atoms. The van der Waals surface area contributed by atoms with Crippen molar-refractivity contribution in [2.45, 2.75) is 31.8 Å². The molecule has 1 aliphatic rings. The molecule has 0 radical (unpaired) electrons. The van der Waals surface area contributed by atoms with Crippen LogP contribution in [0.3, 0.4) is 0 Å². The number of rotatable bonds is 6. The molecule has 3 nitrogen and oxygen atoms in total. The lowest BCUT2D eigenvalue weighted by molar-refractivity contribution is 0.342. The maximum absolute atomic E-state index is 6.16. The molecular formula is C19H25N3. The summed E-state index contributed by atoms with van der Waals surface area (Å²) < 4.78 is 0. The minimum Gasteiger partial charge on any atom is -0.373 e. The first-order chi connectivity index (χ1) is 10.8. The summed E-state index contributed by atoms with van der Waals surface area (Å²) in [5.74, 6) is 0. The normalized spacial score (nSPS) is 15.1. The summed E-state index contributed by atoms with van der Waals surface area (Å²) in [7, 11) is 0. The van der Waals surface area contributed by atoms with Crippen molar-refractivity contribution < 1.29 is 0 Å². The maximum atomic E-state index is 6.16. The van der Waals surface area contributed by atoms with Crippen molar-refractivity contribution in [2.75, 3.05) is 13.1 Å². The molecule has 1 unspecified atom stereocenters. The second kappa shape index (κ2) is 6.95. The Balaban J connectivity index is 1.69. The second-order valence-corrected chi connectivity index (χ2v) is 6.12. The van der Waals surface area contributed by atoms with E-state index in [1.54, 1.807) is 0 Å². The minimum absolute atomic E-state index is 0.255. The van der Waals surface area contributed by atoms with Crippen molar-refractivity contribution in [3.8, 4) is 0 Å². The van der Waals surface area contributed by atoms with Gasteiger partial charge in [0.1, 0.15) is 0 Å². The minimum atomic E-state index is 0.255. The fraction of sp³-hybridized carbons (Fsp3) is 0.368. The number of hydrogen-bond acceptors (Lipinski definition) is 3. The van der Waals surface area contributed by atoms with Gasteiger partial charge < -0.3 is 16.4 Å². The molecule has 2 aromatic carbocycles. The van der Waals surface area contributed by atoms with Gasteiger partial charge in [-0.2, -0.15) is 0 Å². The Morgan fingerprint density at radius 2 is 1.95 bits per heavy atom. The van der Waals surface area contributed by atoms with E-state index in [0.717, 1.165) is 38.9 Å². The van der Waals surface area contributed by atoms with Crippen LogP contribution >= 0.6 is 0 Å². The lowest BCUT2D eigenvalue weighted by Gasteiger charge is -2.27. The first-order valence-electron chi connectivity index (χ1n) is 8.16. The Kier molecular flexibility index (Phi) is 4.76. The van der Waals surface area contributed by atoms with Gasteiger partial charge in [-0.05, 0) is 60.0 Å². The van der Waals surface area contributed by atoms with Gasteiger partial charge in [-0.3, -0.25) is 0 Å². The Morgan fingerprint density at radius 3 is 2.82 bits per heavy atom. The van der Waals surface area contributed by atoms with E-state index < -0.39 is 0 Å². The van der Waals surface area contributed by atoms with E-state index in [9.17, 15) is 0 Å². The predicted octanol–water partition coefficient (Wildman–Crippen LogP) is 3.08. The van der Waals surface area contributed by atoms with Crippen molar-refractivity contribution in [1.82, 2.24) is 4.90 Å². The van der Waals surface area contributed by atoms with E-state index in [1.165, 1.54) is 21.9 Å². The molecule has 0 fully saturated rings. The van der Waals surface area contributed by atoms with Gasteiger partial charge in [-0.15, -0.1) is 0 Å². The fourth-order valence-electron chi connectivity index (χ4n) is 3.14. The first kappa shape index (κ1) is 15.1.